The normalized spacial score (nSPS) is 12.8. The number of nitrogens with two attached hydrogens (primary N) is 1. The number of hydrogen-bond acceptors (Lipinski definition) is 3. The zero-order chi connectivity index (χ0) is 10.4. The van der Waals surface area contributed by atoms with Crippen molar-refractivity contribution < 1.29 is 0 Å². The van der Waals surface area contributed by atoms with Crippen molar-refractivity contribution in [3.05, 3.63) is 34.9 Å². The molecular weight excluding hydrogens is 216 g/mol. The molecule has 2 nitrogen and oxygen atoms in total. The van der Waals surface area contributed by atoms with Crippen molar-refractivity contribution in [2.24, 2.45) is 5.84 Å². The number of halogens is 1. The van der Waals surface area contributed by atoms with Crippen LogP contribution in [0.5, 0.6) is 0 Å². The van der Waals surface area contributed by atoms with Gasteiger partial charge in [0.25, 0.3) is 0 Å². The Hall–Kier alpha value is -0.220. The molecule has 0 radical (unpaired) electrons. The highest BCUT2D eigenvalue weighted by Crippen LogP contribution is 2.25. The first-order valence-corrected chi connectivity index (χ1v) is 6.26. The van der Waals surface area contributed by atoms with E-state index in [1.165, 1.54) is 0 Å². The molecule has 1 aromatic carbocycles. The maximum absolute atomic E-state index is 6.07. The van der Waals surface area contributed by atoms with Gasteiger partial charge in [-0.15, -0.1) is 0 Å². The summed E-state index contributed by atoms with van der Waals surface area (Å²) in [6.07, 6.45) is 3.07. The lowest BCUT2D eigenvalue weighted by Crippen LogP contribution is -2.28. The van der Waals surface area contributed by atoms with Gasteiger partial charge in [0.2, 0.25) is 0 Å². The summed E-state index contributed by atoms with van der Waals surface area (Å²) in [5.41, 5.74) is 3.87. The molecule has 0 aromatic heterocycles. The fourth-order valence-electron chi connectivity index (χ4n) is 1.32. The van der Waals surface area contributed by atoms with Gasteiger partial charge in [-0.2, -0.15) is 11.8 Å². The van der Waals surface area contributed by atoms with Crippen LogP contribution in [0.2, 0.25) is 5.02 Å². The second kappa shape index (κ2) is 6.30. The minimum atomic E-state index is 0.149. The van der Waals surface area contributed by atoms with Gasteiger partial charge in [-0.25, -0.2) is 0 Å². The average molecular weight is 231 g/mol. The van der Waals surface area contributed by atoms with E-state index in [0.29, 0.717) is 0 Å². The predicted octanol–water partition coefficient (Wildman–Crippen LogP) is 2.60. The first kappa shape index (κ1) is 11.9. The van der Waals surface area contributed by atoms with Crippen molar-refractivity contribution in [2.45, 2.75) is 12.5 Å². The topological polar surface area (TPSA) is 38.0 Å². The van der Waals surface area contributed by atoms with Crippen LogP contribution in [-0.2, 0) is 0 Å². The minimum Gasteiger partial charge on any atom is -0.271 e. The molecular formula is C10H15ClN2S. The van der Waals surface area contributed by atoms with Crippen molar-refractivity contribution in [3.8, 4) is 0 Å². The SMILES string of the molecule is CSCCC(NN)c1ccccc1Cl. The smallest absolute Gasteiger partial charge is 0.0482 e. The number of hydrazine groups is 1. The third kappa shape index (κ3) is 3.17. The van der Waals surface area contributed by atoms with E-state index in [0.717, 1.165) is 22.8 Å². The summed E-state index contributed by atoms with van der Waals surface area (Å²) in [6, 6.07) is 7.95. The van der Waals surface area contributed by atoms with Gasteiger partial charge in [0.15, 0.2) is 0 Å². The van der Waals surface area contributed by atoms with Gasteiger partial charge < -0.3 is 0 Å². The molecule has 1 unspecified atom stereocenters. The highest BCUT2D eigenvalue weighted by atomic mass is 35.5. The molecule has 1 aromatic rings. The van der Waals surface area contributed by atoms with Crippen LogP contribution in [0.3, 0.4) is 0 Å². The standard InChI is InChI=1S/C10H15ClN2S/c1-14-7-6-10(13-12)8-4-2-3-5-9(8)11/h2-5,10,13H,6-7,12H2,1H3. The van der Waals surface area contributed by atoms with Crippen LogP contribution in [-0.4, -0.2) is 12.0 Å². The molecule has 0 fully saturated rings. The second-order valence-corrected chi connectivity index (χ2v) is 4.42. The van der Waals surface area contributed by atoms with Crippen LogP contribution < -0.4 is 11.3 Å². The van der Waals surface area contributed by atoms with Crippen LogP contribution in [0.4, 0.5) is 0 Å². The molecule has 4 heteroatoms. The molecule has 78 valence electrons. The Kier molecular flexibility index (Phi) is 5.33. The first-order chi connectivity index (χ1) is 6.79. The number of thioether (sulfide) groups is 1. The maximum Gasteiger partial charge on any atom is 0.0482 e. The fourth-order valence-corrected chi connectivity index (χ4v) is 2.06. The highest BCUT2D eigenvalue weighted by Gasteiger charge is 2.11. The molecule has 0 spiro atoms. The van der Waals surface area contributed by atoms with E-state index in [4.69, 9.17) is 17.4 Å². The van der Waals surface area contributed by atoms with Crippen LogP contribution >= 0.6 is 23.4 Å². The Labute approximate surface area is 94.2 Å². The van der Waals surface area contributed by atoms with E-state index in [1.54, 1.807) is 0 Å². The largest absolute Gasteiger partial charge is 0.271 e. The monoisotopic (exact) mass is 230 g/mol. The molecule has 0 saturated carbocycles. The van der Waals surface area contributed by atoms with Gasteiger partial charge in [0.1, 0.15) is 0 Å². The summed E-state index contributed by atoms with van der Waals surface area (Å²) in [5.74, 6) is 6.57. The molecule has 1 rings (SSSR count). The molecule has 3 N–H and O–H groups in total. The fraction of sp³-hybridized carbons (Fsp3) is 0.400. The number of nitrogens with one attached hydrogen (secondary N) is 1. The molecule has 0 aliphatic heterocycles. The molecule has 0 aliphatic rings. The maximum atomic E-state index is 6.07. The summed E-state index contributed by atoms with van der Waals surface area (Å²) in [5, 5.41) is 0.775. The number of benzene rings is 1. The third-order valence-corrected chi connectivity index (χ3v) is 3.08. The Morgan fingerprint density at radius 3 is 2.79 bits per heavy atom. The lowest BCUT2D eigenvalue weighted by Gasteiger charge is -2.16. The van der Waals surface area contributed by atoms with Gasteiger partial charge >= 0.3 is 0 Å². The Morgan fingerprint density at radius 1 is 1.50 bits per heavy atom. The van der Waals surface area contributed by atoms with Crippen LogP contribution in [0.15, 0.2) is 24.3 Å². The van der Waals surface area contributed by atoms with Crippen LogP contribution in [0, 0.1) is 0 Å². The summed E-state index contributed by atoms with van der Waals surface area (Å²) in [4.78, 5) is 0. The van der Waals surface area contributed by atoms with E-state index >= 15 is 0 Å². The predicted molar refractivity (Wildman–Crippen MR) is 64.5 cm³/mol. The van der Waals surface area contributed by atoms with Gasteiger partial charge in [-0.05, 0) is 30.1 Å². The molecule has 0 bridgehead atoms. The summed E-state index contributed by atoms with van der Waals surface area (Å²) >= 11 is 7.88. The van der Waals surface area contributed by atoms with E-state index in [-0.39, 0.29) is 6.04 Å². The van der Waals surface area contributed by atoms with Crippen molar-refractivity contribution in [2.75, 3.05) is 12.0 Å². The van der Waals surface area contributed by atoms with Gasteiger partial charge in [-0.3, -0.25) is 11.3 Å². The highest BCUT2D eigenvalue weighted by molar-refractivity contribution is 7.98. The summed E-state index contributed by atoms with van der Waals surface area (Å²) in [7, 11) is 0. The summed E-state index contributed by atoms with van der Waals surface area (Å²) < 4.78 is 0. The Morgan fingerprint density at radius 2 is 2.21 bits per heavy atom. The molecule has 0 heterocycles. The van der Waals surface area contributed by atoms with Crippen LogP contribution in [0.1, 0.15) is 18.0 Å². The molecule has 0 amide bonds. The van der Waals surface area contributed by atoms with E-state index < -0.39 is 0 Å². The second-order valence-electron chi connectivity index (χ2n) is 3.02. The zero-order valence-corrected chi connectivity index (χ0v) is 9.74. The number of rotatable bonds is 5. The third-order valence-electron chi connectivity index (χ3n) is 2.09. The first-order valence-electron chi connectivity index (χ1n) is 4.49. The average Bonchev–Trinajstić information content (AvgIpc) is 2.21. The van der Waals surface area contributed by atoms with Crippen molar-refractivity contribution >= 4 is 23.4 Å². The van der Waals surface area contributed by atoms with Crippen molar-refractivity contribution in [1.29, 1.82) is 0 Å². The Balaban J connectivity index is 2.73. The summed E-state index contributed by atoms with van der Waals surface area (Å²) in [6.45, 7) is 0. The lowest BCUT2D eigenvalue weighted by molar-refractivity contribution is 0.543. The van der Waals surface area contributed by atoms with E-state index in [9.17, 15) is 0 Å². The van der Waals surface area contributed by atoms with Gasteiger partial charge in [0.05, 0.1) is 0 Å². The van der Waals surface area contributed by atoms with Crippen molar-refractivity contribution in [1.82, 2.24) is 5.43 Å². The van der Waals surface area contributed by atoms with Crippen LogP contribution in [0.25, 0.3) is 0 Å². The van der Waals surface area contributed by atoms with Gasteiger partial charge in [-0.1, -0.05) is 29.8 Å². The molecule has 0 aliphatic carbocycles. The Bertz CT molecular complexity index is 281. The quantitative estimate of drug-likeness (QED) is 0.603. The zero-order valence-electron chi connectivity index (χ0n) is 8.16. The van der Waals surface area contributed by atoms with Gasteiger partial charge in [0, 0.05) is 11.1 Å². The number of hydrogen-bond donors (Lipinski definition) is 2. The van der Waals surface area contributed by atoms with E-state index in [2.05, 4.69) is 11.7 Å². The minimum absolute atomic E-state index is 0.149. The molecule has 1 atom stereocenters. The van der Waals surface area contributed by atoms with E-state index in [1.807, 2.05) is 36.0 Å². The molecule has 0 saturated heterocycles. The molecule has 14 heavy (non-hydrogen) atoms. The van der Waals surface area contributed by atoms with Crippen molar-refractivity contribution in [3.63, 3.8) is 0 Å². The lowest BCUT2D eigenvalue weighted by atomic mass is 10.1.